The molecule has 1 aliphatic heterocycles. The number of hydrogen-bond donors (Lipinski definition) is 1. The van der Waals surface area contributed by atoms with Crippen molar-refractivity contribution in [1.82, 2.24) is 5.32 Å². The van der Waals surface area contributed by atoms with Crippen molar-refractivity contribution in [1.29, 1.82) is 0 Å². The van der Waals surface area contributed by atoms with Gasteiger partial charge in [-0.15, -0.1) is 0 Å². The van der Waals surface area contributed by atoms with E-state index in [-0.39, 0.29) is 12.2 Å². The number of hydrogen-bond acceptors (Lipinski definition) is 3. The minimum Gasteiger partial charge on any atom is -0.497 e. The molecular formula is C13H19NO2. The van der Waals surface area contributed by atoms with E-state index in [1.807, 2.05) is 12.1 Å². The monoisotopic (exact) mass is 221 g/mol. The van der Waals surface area contributed by atoms with Crippen LogP contribution in [0.1, 0.15) is 25.5 Å². The molecule has 88 valence electrons. The maximum Gasteiger partial charge on any atom is 0.118 e. The van der Waals surface area contributed by atoms with Gasteiger partial charge in [0, 0.05) is 12.6 Å². The molecule has 1 fully saturated rings. The second-order valence-electron chi connectivity index (χ2n) is 4.34. The molecule has 0 aliphatic carbocycles. The Morgan fingerprint density at radius 1 is 1.25 bits per heavy atom. The minimum atomic E-state index is 0.134. The maximum atomic E-state index is 5.95. The highest BCUT2D eigenvalue weighted by Gasteiger charge is 2.26. The fourth-order valence-electron chi connectivity index (χ4n) is 2.04. The first kappa shape index (κ1) is 11.4. The van der Waals surface area contributed by atoms with E-state index in [9.17, 15) is 0 Å². The summed E-state index contributed by atoms with van der Waals surface area (Å²) < 4.78 is 11.1. The lowest BCUT2D eigenvalue weighted by atomic mass is 10.0. The van der Waals surface area contributed by atoms with Gasteiger partial charge < -0.3 is 14.8 Å². The molecule has 2 rings (SSSR count). The summed E-state index contributed by atoms with van der Waals surface area (Å²) in [7, 11) is 1.68. The summed E-state index contributed by atoms with van der Waals surface area (Å²) in [6, 6.07) is 8.44. The van der Waals surface area contributed by atoms with Crippen molar-refractivity contribution in [3.8, 4) is 5.75 Å². The van der Waals surface area contributed by atoms with Gasteiger partial charge in [-0.25, -0.2) is 0 Å². The molecule has 0 bridgehead atoms. The van der Waals surface area contributed by atoms with Gasteiger partial charge in [-0.2, -0.15) is 0 Å². The third kappa shape index (κ3) is 2.36. The molecule has 3 atom stereocenters. The fourth-order valence-corrected chi connectivity index (χ4v) is 2.04. The van der Waals surface area contributed by atoms with Gasteiger partial charge in [0.15, 0.2) is 0 Å². The molecule has 1 aromatic carbocycles. The van der Waals surface area contributed by atoms with Gasteiger partial charge in [0.25, 0.3) is 0 Å². The molecule has 3 nitrogen and oxygen atoms in total. The topological polar surface area (TPSA) is 30.5 Å². The predicted octanol–water partition coefficient (Wildman–Crippen LogP) is 2.13. The third-order valence-corrected chi connectivity index (χ3v) is 3.00. The van der Waals surface area contributed by atoms with Gasteiger partial charge in [0.2, 0.25) is 0 Å². The van der Waals surface area contributed by atoms with Crippen molar-refractivity contribution >= 4 is 0 Å². The Labute approximate surface area is 96.8 Å². The lowest BCUT2D eigenvalue weighted by Crippen LogP contribution is -2.45. The van der Waals surface area contributed by atoms with E-state index in [1.165, 1.54) is 5.56 Å². The van der Waals surface area contributed by atoms with Crippen LogP contribution in [-0.4, -0.2) is 25.8 Å². The summed E-state index contributed by atoms with van der Waals surface area (Å²) in [5.74, 6) is 0.883. The Morgan fingerprint density at radius 3 is 2.56 bits per heavy atom. The first-order chi connectivity index (χ1) is 7.70. The Morgan fingerprint density at radius 2 is 1.94 bits per heavy atom. The van der Waals surface area contributed by atoms with E-state index < -0.39 is 0 Å². The van der Waals surface area contributed by atoms with Crippen molar-refractivity contribution in [2.45, 2.75) is 32.1 Å². The molecular weight excluding hydrogens is 202 g/mol. The number of nitrogens with one attached hydrogen (secondary N) is 1. The summed E-state index contributed by atoms with van der Waals surface area (Å²) in [4.78, 5) is 0. The highest BCUT2D eigenvalue weighted by atomic mass is 16.5. The summed E-state index contributed by atoms with van der Waals surface area (Å²) in [6.45, 7) is 5.17. The van der Waals surface area contributed by atoms with Crippen LogP contribution in [0.2, 0.25) is 0 Å². The zero-order valence-corrected chi connectivity index (χ0v) is 10.1. The molecule has 1 N–H and O–H groups in total. The van der Waals surface area contributed by atoms with Gasteiger partial charge in [0.1, 0.15) is 5.75 Å². The molecule has 1 heterocycles. The number of morpholine rings is 1. The molecule has 0 spiro atoms. The van der Waals surface area contributed by atoms with Crippen LogP contribution in [-0.2, 0) is 4.74 Å². The number of methoxy groups -OCH3 is 1. The van der Waals surface area contributed by atoms with Gasteiger partial charge in [-0.1, -0.05) is 12.1 Å². The SMILES string of the molecule is COc1ccc(C2OC(C)CNC2C)cc1. The highest BCUT2D eigenvalue weighted by Crippen LogP contribution is 2.27. The van der Waals surface area contributed by atoms with E-state index in [0.717, 1.165) is 12.3 Å². The first-order valence-corrected chi connectivity index (χ1v) is 5.73. The zero-order chi connectivity index (χ0) is 11.5. The molecule has 0 aromatic heterocycles. The van der Waals surface area contributed by atoms with E-state index in [1.54, 1.807) is 7.11 Å². The second kappa shape index (κ2) is 4.85. The molecule has 1 saturated heterocycles. The van der Waals surface area contributed by atoms with Crippen LogP contribution in [0.4, 0.5) is 0 Å². The molecule has 3 unspecified atom stereocenters. The van der Waals surface area contributed by atoms with E-state index >= 15 is 0 Å². The highest BCUT2D eigenvalue weighted by molar-refractivity contribution is 5.29. The average molecular weight is 221 g/mol. The Balaban J connectivity index is 2.15. The average Bonchev–Trinajstić information content (AvgIpc) is 2.32. The lowest BCUT2D eigenvalue weighted by molar-refractivity contribution is -0.0520. The molecule has 0 radical (unpaired) electrons. The maximum absolute atomic E-state index is 5.95. The van der Waals surface area contributed by atoms with E-state index in [2.05, 4.69) is 31.3 Å². The molecule has 1 aliphatic rings. The molecule has 0 saturated carbocycles. The molecule has 3 heteroatoms. The van der Waals surface area contributed by atoms with Gasteiger partial charge in [-0.3, -0.25) is 0 Å². The summed E-state index contributed by atoms with van der Waals surface area (Å²) in [6.07, 6.45) is 0.401. The number of rotatable bonds is 2. The predicted molar refractivity (Wildman–Crippen MR) is 63.7 cm³/mol. The Bertz CT molecular complexity index is 336. The van der Waals surface area contributed by atoms with Crippen LogP contribution in [0.15, 0.2) is 24.3 Å². The largest absolute Gasteiger partial charge is 0.497 e. The summed E-state index contributed by atoms with van der Waals surface area (Å²) in [5, 5.41) is 3.45. The fraction of sp³-hybridized carbons (Fsp3) is 0.538. The summed E-state index contributed by atoms with van der Waals surface area (Å²) >= 11 is 0. The van der Waals surface area contributed by atoms with Crippen LogP contribution in [0.5, 0.6) is 5.75 Å². The minimum absolute atomic E-state index is 0.134. The van der Waals surface area contributed by atoms with Crippen LogP contribution in [0, 0.1) is 0 Å². The Hall–Kier alpha value is -1.06. The standard InChI is InChI=1S/C13H19NO2/c1-9-8-14-10(2)13(16-9)11-4-6-12(15-3)7-5-11/h4-7,9-10,13-14H,8H2,1-3H3. The van der Waals surface area contributed by atoms with Gasteiger partial charge >= 0.3 is 0 Å². The van der Waals surface area contributed by atoms with Crippen molar-refractivity contribution in [2.75, 3.05) is 13.7 Å². The summed E-state index contributed by atoms with van der Waals surface area (Å²) in [5.41, 5.74) is 1.20. The number of benzene rings is 1. The van der Waals surface area contributed by atoms with Crippen molar-refractivity contribution in [2.24, 2.45) is 0 Å². The van der Waals surface area contributed by atoms with Crippen LogP contribution in [0.3, 0.4) is 0 Å². The number of ether oxygens (including phenoxy) is 2. The van der Waals surface area contributed by atoms with Crippen LogP contribution < -0.4 is 10.1 Å². The molecule has 16 heavy (non-hydrogen) atoms. The normalized spacial score (nSPS) is 30.1. The molecule has 0 amide bonds. The van der Waals surface area contributed by atoms with Gasteiger partial charge in [-0.05, 0) is 31.5 Å². The lowest BCUT2D eigenvalue weighted by Gasteiger charge is -2.34. The first-order valence-electron chi connectivity index (χ1n) is 5.73. The van der Waals surface area contributed by atoms with Crippen molar-refractivity contribution in [3.05, 3.63) is 29.8 Å². The Kier molecular flexibility index (Phi) is 3.46. The van der Waals surface area contributed by atoms with Crippen LogP contribution in [0.25, 0.3) is 0 Å². The quantitative estimate of drug-likeness (QED) is 0.830. The second-order valence-corrected chi connectivity index (χ2v) is 4.34. The van der Waals surface area contributed by atoms with E-state index in [4.69, 9.17) is 9.47 Å². The van der Waals surface area contributed by atoms with Crippen molar-refractivity contribution < 1.29 is 9.47 Å². The zero-order valence-electron chi connectivity index (χ0n) is 10.1. The smallest absolute Gasteiger partial charge is 0.118 e. The molecule has 1 aromatic rings. The van der Waals surface area contributed by atoms with Gasteiger partial charge in [0.05, 0.1) is 19.3 Å². The van der Waals surface area contributed by atoms with E-state index in [0.29, 0.717) is 6.04 Å². The van der Waals surface area contributed by atoms with Crippen LogP contribution >= 0.6 is 0 Å². The van der Waals surface area contributed by atoms with Crippen molar-refractivity contribution in [3.63, 3.8) is 0 Å². The third-order valence-electron chi connectivity index (χ3n) is 3.00.